The van der Waals surface area contributed by atoms with Crippen LogP contribution in [0.25, 0.3) is 0 Å². The van der Waals surface area contributed by atoms with Crippen molar-refractivity contribution in [1.29, 1.82) is 5.26 Å². The first-order valence-electron chi connectivity index (χ1n) is 11.4. The number of carbonyl (C=O) groups is 1. The molecule has 2 aromatic carbocycles. The summed E-state index contributed by atoms with van der Waals surface area (Å²) in [6.45, 7) is 2.01. The van der Waals surface area contributed by atoms with Gasteiger partial charge in [-0.2, -0.15) is 14.7 Å². The molecular weight excluding hydrogens is 504 g/mol. The summed E-state index contributed by atoms with van der Waals surface area (Å²) in [5, 5.41) is 13.4. The Morgan fingerprint density at radius 1 is 1.28 bits per heavy atom. The third kappa shape index (κ3) is 5.23. The van der Waals surface area contributed by atoms with Gasteiger partial charge in [-0.15, -0.1) is 0 Å². The van der Waals surface area contributed by atoms with E-state index in [-0.39, 0.29) is 29.0 Å². The number of fused-ring (bicyclic) bond motifs is 1. The molecule has 0 saturated heterocycles. The molecule has 0 radical (unpaired) electrons. The van der Waals surface area contributed by atoms with Gasteiger partial charge in [0.2, 0.25) is 10.0 Å². The number of aromatic nitrogens is 2. The second-order valence-electron chi connectivity index (χ2n) is 8.27. The Morgan fingerprint density at radius 3 is 2.69 bits per heavy atom. The van der Waals surface area contributed by atoms with Gasteiger partial charge < -0.3 is 9.47 Å². The fourth-order valence-corrected chi connectivity index (χ4v) is 5.90. The third-order valence-corrected chi connectivity index (χ3v) is 8.20. The van der Waals surface area contributed by atoms with Gasteiger partial charge in [0.1, 0.15) is 18.0 Å². The van der Waals surface area contributed by atoms with E-state index in [4.69, 9.17) is 26.3 Å². The van der Waals surface area contributed by atoms with Crippen LogP contribution in [0, 0.1) is 11.3 Å². The van der Waals surface area contributed by atoms with Crippen LogP contribution in [0.2, 0.25) is 5.02 Å². The number of ether oxygens (including phenoxy) is 2. The average molecular weight is 529 g/mol. The zero-order valence-electron chi connectivity index (χ0n) is 19.8. The van der Waals surface area contributed by atoms with E-state index in [1.54, 1.807) is 42.1 Å². The largest absolute Gasteiger partial charge is 0.465 e. The van der Waals surface area contributed by atoms with E-state index in [1.807, 2.05) is 6.07 Å². The number of nitriles is 1. The lowest BCUT2D eigenvalue weighted by molar-refractivity contribution is -0.144. The zero-order chi connectivity index (χ0) is 25.9. The van der Waals surface area contributed by atoms with E-state index >= 15 is 0 Å². The molecule has 1 unspecified atom stereocenters. The highest BCUT2D eigenvalue weighted by Gasteiger charge is 2.34. The number of esters is 1. The van der Waals surface area contributed by atoms with Crippen molar-refractivity contribution in [1.82, 2.24) is 14.1 Å². The number of rotatable bonds is 8. The SMILES string of the molecule is CCOC(=O)Cn1ncc2c1CCCC2N(C)S(=O)(=O)c1ccc(Oc2ccc(C#N)cc2)c(Cl)c1. The van der Waals surface area contributed by atoms with Gasteiger partial charge in [0.25, 0.3) is 0 Å². The second-order valence-corrected chi connectivity index (χ2v) is 10.7. The Bertz CT molecular complexity index is 1410. The Labute approximate surface area is 214 Å². The van der Waals surface area contributed by atoms with Crippen molar-refractivity contribution < 1.29 is 22.7 Å². The van der Waals surface area contributed by atoms with Crippen molar-refractivity contribution in [3.63, 3.8) is 0 Å². The molecule has 3 aromatic rings. The molecule has 1 aliphatic carbocycles. The highest BCUT2D eigenvalue weighted by atomic mass is 35.5. The topological polar surface area (TPSA) is 115 Å². The highest BCUT2D eigenvalue weighted by molar-refractivity contribution is 7.89. The van der Waals surface area contributed by atoms with Gasteiger partial charge in [-0.1, -0.05) is 11.6 Å². The maximum Gasteiger partial charge on any atom is 0.327 e. The van der Waals surface area contributed by atoms with Crippen molar-refractivity contribution in [2.75, 3.05) is 13.7 Å². The van der Waals surface area contributed by atoms with E-state index in [9.17, 15) is 13.2 Å². The van der Waals surface area contributed by atoms with Crippen molar-refractivity contribution in [3.8, 4) is 17.6 Å². The van der Waals surface area contributed by atoms with Crippen LogP contribution in [-0.2, 0) is 32.5 Å². The monoisotopic (exact) mass is 528 g/mol. The minimum absolute atomic E-state index is 0.0112. The Hall–Kier alpha value is -3.39. The van der Waals surface area contributed by atoms with Gasteiger partial charge in [-0.25, -0.2) is 8.42 Å². The first kappa shape index (κ1) is 25.7. The summed E-state index contributed by atoms with van der Waals surface area (Å²) in [7, 11) is -2.36. The minimum atomic E-state index is -3.90. The zero-order valence-corrected chi connectivity index (χ0v) is 21.4. The molecule has 1 heterocycles. The highest BCUT2D eigenvalue weighted by Crippen LogP contribution is 2.38. The fraction of sp³-hybridized carbons (Fsp3) is 0.320. The Morgan fingerprint density at radius 2 is 2.03 bits per heavy atom. The van der Waals surface area contributed by atoms with Gasteiger partial charge in [0.15, 0.2) is 0 Å². The number of benzene rings is 2. The van der Waals surface area contributed by atoms with Crippen molar-refractivity contribution in [2.45, 2.75) is 43.7 Å². The average Bonchev–Trinajstić information content (AvgIpc) is 3.28. The summed E-state index contributed by atoms with van der Waals surface area (Å²) >= 11 is 6.38. The minimum Gasteiger partial charge on any atom is -0.465 e. The Kier molecular flexibility index (Phi) is 7.64. The van der Waals surface area contributed by atoms with Crippen LogP contribution in [0.4, 0.5) is 0 Å². The summed E-state index contributed by atoms with van der Waals surface area (Å²) in [6.07, 6.45) is 3.71. The molecule has 0 saturated carbocycles. The molecular formula is C25H25ClN4O5S. The van der Waals surface area contributed by atoms with Crippen LogP contribution < -0.4 is 4.74 Å². The molecule has 0 bridgehead atoms. The quantitative estimate of drug-likeness (QED) is 0.396. The standard InChI is InChI=1S/C25H25ClN4O5S/c1-3-34-25(31)16-30-23-6-4-5-22(20(23)15-28-30)29(2)36(32,33)19-11-12-24(21(26)13-19)35-18-9-7-17(14-27)8-10-18/h7-13,15,22H,3-6,16H2,1-2H3. The summed E-state index contributed by atoms with van der Waals surface area (Å²) in [6, 6.07) is 12.4. The van der Waals surface area contributed by atoms with Gasteiger partial charge in [0.05, 0.1) is 40.4 Å². The van der Waals surface area contributed by atoms with Crippen LogP contribution in [0.5, 0.6) is 11.5 Å². The normalized spacial score (nSPS) is 15.2. The van der Waals surface area contributed by atoms with E-state index in [0.717, 1.165) is 17.7 Å². The molecule has 0 spiro atoms. The number of hydrogen-bond acceptors (Lipinski definition) is 7. The molecule has 0 N–H and O–H groups in total. The van der Waals surface area contributed by atoms with Gasteiger partial charge in [0, 0.05) is 18.3 Å². The van der Waals surface area contributed by atoms with Crippen molar-refractivity contribution >= 4 is 27.6 Å². The fourth-order valence-electron chi connectivity index (χ4n) is 4.22. The van der Waals surface area contributed by atoms with Crippen LogP contribution in [0.15, 0.2) is 53.6 Å². The van der Waals surface area contributed by atoms with E-state index in [0.29, 0.717) is 29.9 Å². The molecule has 0 aliphatic heterocycles. The molecule has 188 valence electrons. The number of nitrogens with zero attached hydrogens (tertiary/aromatic N) is 4. The van der Waals surface area contributed by atoms with Gasteiger partial charge >= 0.3 is 5.97 Å². The molecule has 1 atom stereocenters. The molecule has 1 aliphatic rings. The third-order valence-electron chi connectivity index (χ3n) is 6.05. The summed E-state index contributed by atoms with van der Waals surface area (Å²) in [5.74, 6) is 0.380. The maximum atomic E-state index is 13.5. The summed E-state index contributed by atoms with van der Waals surface area (Å²) < 4.78 is 40.7. The van der Waals surface area contributed by atoms with Crippen molar-refractivity contribution in [2.24, 2.45) is 0 Å². The molecule has 11 heteroatoms. The first-order chi connectivity index (χ1) is 17.2. The molecule has 0 fully saturated rings. The van der Waals surface area contributed by atoms with Crippen LogP contribution in [0.1, 0.15) is 42.6 Å². The van der Waals surface area contributed by atoms with E-state index in [1.165, 1.54) is 29.6 Å². The number of halogens is 1. The lowest BCUT2D eigenvalue weighted by Gasteiger charge is -2.31. The molecule has 1 aromatic heterocycles. The first-order valence-corrected chi connectivity index (χ1v) is 13.2. The predicted molar refractivity (Wildman–Crippen MR) is 132 cm³/mol. The summed E-state index contributed by atoms with van der Waals surface area (Å²) in [5.41, 5.74) is 2.12. The van der Waals surface area contributed by atoms with E-state index < -0.39 is 16.1 Å². The number of carbonyl (C=O) groups excluding carboxylic acids is 1. The van der Waals surface area contributed by atoms with Crippen molar-refractivity contribution in [3.05, 3.63) is 70.5 Å². The number of sulfonamides is 1. The summed E-state index contributed by atoms with van der Waals surface area (Å²) in [4.78, 5) is 12.0. The predicted octanol–water partition coefficient (Wildman–Crippen LogP) is 4.46. The molecule has 9 nitrogen and oxygen atoms in total. The van der Waals surface area contributed by atoms with Crippen LogP contribution in [-0.4, -0.2) is 42.1 Å². The number of hydrogen-bond donors (Lipinski definition) is 0. The van der Waals surface area contributed by atoms with Gasteiger partial charge in [-0.05, 0) is 68.7 Å². The molecule has 4 rings (SSSR count). The van der Waals surface area contributed by atoms with Crippen LogP contribution >= 0.6 is 11.6 Å². The second kappa shape index (κ2) is 10.7. The maximum absolute atomic E-state index is 13.5. The lowest BCUT2D eigenvalue weighted by Crippen LogP contribution is -2.33. The Balaban J connectivity index is 1.55. The smallest absolute Gasteiger partial charge is 0.327 e. The molecule has 0 amide bonds. The lowest BCUT2D eigenvalue weighted by atomic mass is 9.93. The molecule has 36 heavy (non-hydrogen) atoms. The van der Waals surface area contributed by atoms with E-state index in [2.05, 4.69) is 5.10 Å². The van der Waals surface area contributed by atoms with Crippen LogP contribution in [0.3, 0.4) is 0 Å². The van der Waals surface area contributed by atoms with Gasteiger partial charge in [-0.3, -0.25) is 9.48 Å².